The van der Waals surface area contributed by atoms with Gasteiger partial charge in [0.15, 0.2) is 0 Å². The van der Waals surface area contributed by atoms with E-state index >= 15 is 0 Å². The summed E-state index contributed by atoms with van der Waals surface area (Å²) >= 11 is 0. The fourth-order valence-corrected chi connectivity index (χ4v) is 8.86. The molecule has 2 aromatic heterocycles. The molecule has 9 aromatic rings. The van der Waals surface area contributed by atoms with E-state index in [0.29, 0.717) is 5.92 Å². The molecule has 2 aliphatic rings. The Bertz CT molecular complexity index is 2990. The van der Waals surface area contributed by atoms with Gasteiger partial charge in [0.2, 0.25) is 0 Å². The van der Waals surface area contributed by atoms with Crippen molar-refractivity contribution in [2.45, 2.75) is 12.3 Å². The molecule has 0 spiro atoms. The molecule has 2 heteroatoms. The topological polar surface area (TPSA) is 17.8 Å². The van der Waals surface area contributed by atoms with Gasteiger partial charge in [0.1, 0.15) is 5.82 Å². The van der Waals surface area contributed by atoms with Crippen LogP contribution in [0.4, 0.5) is 0 Å². The first-order valence-electron chi connectivity index (χ1n) is 17.8. The number of nitrogens with zero attached hydrogens (tertiary/aromatic N) is 2. The van der Waals surface area contributed by atoms with Crippen LogP contribution in [0.3, 0.4) is 0 Å². The van der Waals surface area contributed by atoms with Crippen molar-refractivity contribution in [2.24, 2.45) is 0 Å². The van der Waals surface area contributed by atoms with Crippen molar-refractivity contribution in [3.63, 3.8) is 0 Å². The first-order chi connectivity index (χ1) is 25.3. The summed E-state index contributed by atoms with van der Waals surface area (Å²) in [7, 11) is 0. The zero-order valence-corrected chi connectivity index (χ0v) is 27.9. The van der Waals surface area contributed by atoms with Gasteiger partial charge in [-0.3, -0.25) is 4.57 Å². The highest BCUT2D eigenvalue weighted by Gasteiger charge is 2.29. The number of fused-ring (bicyclic) bond motifs is 13. The second kappa shape index (κ2) is 11.0. The summed E-state index contributed by atoms with van der Waals surface area (Å²) in [6.07, 6.45) is 10.2. The maximum atomic E-state index is 5.67. The van der Waals surface area contributed by atoms with Crippen LogP contribution in [0.15, 0.2) is 175 Å². The van der Waals surface area contributed by atoms with Crippen LogP contribution in [-0.2, 0) is 0 Å². The minimum absolute atomic E-state index is 0.314. The van der Waals surface area contributed by atoms with E-state index in [1.54, 1.807) is 0 Å². The number of pyridine rings is 1. The average molecular weight is 649 g/mol. The fourth-order valence-electron chi connectivity index (χ4n) is 8.86. The lowest BCUT2D eigenvalue weighted by Gasteiger charge is -2.30. The van der Waals surface area contributed by atoms with Crippen LogP contribution >= 0.6 is 0 Å². The van der Waals surface area contributed by atoms with Crippen molar-refractivity contribution < 1.29 is 0 Å². The normalized spacial score (nSPS) is 15.3. The maximum absolute atomic E-state index is 5.67. The lowest BCUT2D eigenvalue weighted by Crippen LogP contribution is -2.13. The third kappa shape index (κ3) is 4.20. The van der Waals surface area contributed by atoms with Crippen LogP contribution in [0.25, 0.3) is 82.7 Å². The van der Waals surface area contributed by atoms with Gasteiger partial charge < -0.3 is 0 Å². The highest BCUT2D eigenvalue weighted by atomic mass is 15.1. The summed E-state index contributed by atoms with van der Waals surface area (Å²) in [6.45, 7) is 0. The molecular formula is C49H32N2. The van der Waals surface area contributed by atoms with Crippen LogP contribution in [0.2, 0.25) is 0 Å². The zero-order valence-electron chi connectivity index (χ0n) is 27.9. The van der Waals surface area contributed by atoms with E-state index in [1.165, 1.54) is 76.4 Å². The van der Waals surface area contributed by atoms with Gasteiger partial charge in [-0.1, -0.05) is 152 Å². The molecule has 1 unspecified atom stereocenters. The number of aromatic nitrogens is 2. The number of para-hydroxylation sites is 1. The van der Waals surface area contributed by atoms with Gasteiger partial charge in [0.05, 0.1) is 16.7 Å². The minimum Gasteiger partial charge on any atom is -0.293 e. The summed E-state index contributed by atoms with van der Waals surface area (Å²) in [5.74, 6) is 1.24. The van der Waals surface area contributed by atoms with E-state index in [4.69, 9.17) is 4.98 Å². The second-order valence-corrected chi connectivity index (χ2v) is 13.8. The standard InChI is InChI=1S/C49H32N2/c1-2-14-31(15-3-1)34-29-44(43-28-33-17-5-6-18-35(33)37-20-8-9-21-38(37)43)50-46(30-34)51-45-25-13-12-24-42(45)48-47-36-19-7-4-16-32(36)26-27-40(47)39-22-10-11-23-41(39)49(48)51/h1-19,21-30,37H,20H2. The van der Waals surface area contributed by atoms with E-state index in [0.717, 1.165) is 29.0 Å². The Morgan fingerprint density at radius 3 is 2.22 bits per heavy atom. The largest absolute Gasteiger partial charge is 0.293 e. The number of benzene rings is 7. The molecule has 2 nitrogen and oxygen atoms in total. The first kappa shape index (κ1) is 28.3. The predicted octanol–water partition coefficient (Wildman–Crippen LogP) is 12.8. The molecule has 0 amide bonds. The van der Waals surface area contributed by atoms with E-state index in [-0.39, 0.29) is 0 Å². The minimum atomic E-state index is 0.314. The van der Waals surface area contributed by atoms with Gasteiger partial charge in [-0.2, -0.15) is 0 Å². The molecule has 0 bridgehead atoms. The van der Waals surface area contributed by atoms with Gasteiger partial charge in [-0.25, -0.2) is 4.98 Å². The lowest BCUT2D eigenvalue weighted by atomic mass is 9.74. The quantitative estimate of drug-likeness (QED) is 0.174. The molecule has 0 aliphatic heterocycles. The molecule has 11 rings (SSSR count). The van der Waals surface area contributed by atoms with E-state index < -0.39 is 0 Å². The van der Waals surface area contributed by atoms with Crippen molar-refractivity contribution >= 4 is 65.8 Å². The Balaban J connectivity index is 1.30. The SMILES string of the molecule is C1=CCC2C(=C1)C(c1cc(-c3ccccc3)cc(-n3c4ccccc4c4c5c6ccccc6ccc5c5ccccc5c43)n1)=Cc1ccccc12. The highest BCUT2D eigenvalue weighted by Crippen LogP contribution is 2.48. The summed E-state index contributed by atoms with van der Waals surface area (Å²) in [5.41, 5.74) is 10.9. The number of allylic oxidation sites excluding steroid dienone is 5. The molecule has 238 valence electrons. The van der Waals surface area contributed by atoms with Crippen molar-refractivity contribution in [3.05, 3.63) is 192 Å². The van der Waals surface area contributed by atoms with Gasteiger partial charge >= 0.3 is 0 Å². The fraction of sp³-hybridized carbons (Fsp3) is 0.0408. The monoisotopic (exact) mass is 648 g/mol. The summed E-state index contributed by atoms with van der Waals surface area (Å²) < 4.78 is 2.44. The molecule has 51 heavy (non-hydrogen) atoms. The number of rotatable bonds is 3. The second-order valence-electron chi connectivity index (χ2n) is 13.8. The van der Waals surface area contributed by atoms with E-state index in [2.05, 4.69) is 181 Å². The molecule has 7 aromatic carbocycles. The highest BCUT2D eigenvalue weighted by molar-refractivity contribution is 6.36. The van der Waals surface area contributed by atoms with Crippen LogP contribution in [0.5, 0.6) is 0 Å². The lowest BCUT2D eigenvalue weighted by molar-refractivity contribution is 0.814. The summed E-state index contributed by atoms with van der Waals surface area (Å²) in [5, 5.41) is 10.1. The van der Waals surface area contributed by atoms with Crippen molar-refractivity contribution in [2.75, 3.05) is 0 Å². The predicted molar refractivity (Wildman–Crippen MR) is 215 cm³/mol. The summed E-state index contributed by atoms with van der Waals surface area (Å²) in [6, 6.07) is 55.4. The molecule has 0 saturated heterocycles. The van der Waals surface area contributed by atoms with Gasteiger partial charge in [-0.15, -0.1) is 0 Å². The number of hydrogen-bond donors (Lipinski definition) is 0. The van der Waals surface area contributed by atoms with Gasteiger partial charge in [0, 0.05) is 33.0 Å². The molecule has 0 radical (unpaired) electrons. The third-order valence-electron chi connectivity index (χ3n) is 11.1. The molecule has 0 fully saturated rings. The Morgan fingerprint density at radius 2 is 1.31 bits per heavy atom. The Hall–Kier alpha value is -6.51. The third-order valence-corrected chi connectivity index (χ3v) is 11.1. The van der Waals surface area contributed by atoms with Crippen LogP contribution in [-0.4, -0.2) is 9.55 Å². The molecule has 2 heterocycles. The molecule has 1 atom stereocenters. The van der Waals surface area contributed by atoms with Crippen molar-refractivity contribution in [3.8, 4) is 16.9 Å². The van der Waals surface area contributed by atoms with Gasteiger partial charge in [-0.05, 0) is 80.1 Å². The van der Waals surface area contributed by atoms with Crippen LogP contribution in [0.1, 0.15) is 29.2 Å². The molecule has 0 saturated carbocycles. The number of hydrogen-bond acceptors (Lipinski definition) is 1. The van der Waals surface area contributed by atoms with E-state index in [9.17, 15) is 0 Å². The van der Waals surface area contributed by atoms with Crippen molar-refractivity contribution in [1.29, 1.82) is 0 Å². The summed E-state index contributed by atoms with van der Waals surface area (Å²) in [4.78, 5) is 5.67. The zero-order chi connectivity index (χ0) is 33.5. The molecule has 2 aliphatic carbocycles. The van der Waals surface area contributed by atoms with Crippen LogP contribution in [0, 0.1) is 0 Å². The molecule has 0 N–H and O–H groups in total. The molecular weight excluding hydrogens is 617 g/mol. The Morgan fingerprint density at radius 1 is 0.569 bits per heavy atom. The van der Waals surface area contributed by atoms with Gasteiger partial charge in [0.25, 0.3) is 0 Å². The van der Waals surface area contributed by atoms with Crippen LogP contribution < -0.4 is 0 Å². The maximum Gasteiger partial charge on any atom is 0.138 e. The van der Waals surface area contributed by atoms with E-state index in [1.807, 2.05) is 0 Å². The Kier molecular flexibility index (Phi) is 6.11. The average Bonchev–Trinajstić information content (AvgIpc) is 3.56. The smallest absolute Gasteiger partial charge is 0.138 e. The Labute approximate surface area is 295 Å². The van der Waals surface area contributed by atoms with Crippen molar-refractivity contribution in [1.82, 2.24) is 9.55 Å². The first-order valence-corrected chi connectivity index (χ1v) is 17.8.